The number of nitrogens with zero attached hydrogens (tertiary/aromatic N) is 1. The molecule has 5 nitrogen and oxygen atoms in total. The van der Waals surface area contributed by atoms with Crippen molar-refractivity contribution >= 4 is 11.6 Å². The Morgan fingerprint density at radius 3 is 2.61 bits per heavy atom. The molecule has 5 heteroatoms. The van der Waals surface area contributed by atoms with E-state index in [2.05, 4.69) is 11.2 Å². The number of aryl methyl sites for hydroxylation is 1. The van der Waals surface area contributed by atoms with E-state index in [0.29, 0.717) is 5.56 Å². The number of nitrogens with one attached hydrogen (secondary N) is 1. The molecule has 94 valence electrons. The van der Waals surface area contributed by atoms with Gasteiger partial charge in [0.25, 0.3) is 11.6 Å². The van der Waals surface area contributed by atoms with Crippen LogP contribution in [0, 0.1) is 29.4 Å². The molecule has 1 aromatic rings. The number of hydrogen-bond donors (Lipinski definition) is 1. The van der Waals surface area contributed by atoms with Crippen LogP contribution in [0.5, 0.6) is 0 Å². The minimum absolute atomic E-state index is 0.0170. The van der Waals surface area contributed by atoms with Crippen molar-refractivity contribution in [2.45, 2.75) is 26.3 Å². The van der Waals surface area contributed by atoms with Gasteiger partial charge in [-0.3, -0.25) is 14.9 Å². The molecular formula is C13H14N2O3. The zero-order valence-electron chi connectivity index (χ0n) is 10.5. The number of benzene rings is 1. The zero-order valence-corrected chi connectivity index (χ0v) is 10.5. The van der Waals surface area contributed by atoms with E-state index < -0.39 is 16.4 Å². The van der Waals surface area contributed by atoms with Crippen molar-refractivity contribution < 1.29 is 9.72 Å². The van der Waals surface area contributed by atoms with Gasteiger partial charge in [-0.2, -0.15) is 0 Å². The Morgan fingerprint density at radius 2 is 2.11 bits per heavy atom. The fourth-order valence-electron chi connectivity index (χ4n) is 1.47. The van der Waals surface area contributed by atoms with Gasteiger partial charge >= 0.3 is 0 Å². The molecule has 0 spiro atoms. The maximum Gasteiger partial charge on any atom is 0.285 e. The summed E-state index contributed by atoms with van der Waals surface area (Å²) in [6.45, 7) is 4.88. The van der Waals surface area contributed by atoms with Gasteiger partial charge in [0.2, 0.25) is 0 Å². The number of carbonyl (C=O) groups is 1. The van der Waals surface area contributed by atoms with Crippen LogP contribution in [0.1, 0.15) is 29.8 Å². The summed E-state index contributed by atoms with van der Waals surface area (Å²) in [5.41, 5.74) is -0.591. The van der Waals surface area contributed by atoms with Crippen molar-refractivity contribution in [2.24, 2.45) is 0 Å². The summed E-state index contributed by atoms with van der Waals surface area (Å²) in [5.74, 6) is 1.86. The molecule has 0 saturated heterocycles. The Morgan fingerprint density at radius 1 is 1.50 bits per heavy atom. The molecule has 0 aliphatic rings. The highest BCUT2D eigenvalue weighted by atomic mass is 16.6. The summed E-state index contributed by atoms with van der Waals surface area (Å²) in [6, 6.07) is 4.59. The summed E-state index contributed by atoms with van der Waals surface area (Å²) in [4.78, 5) is 22.4. The van der Waals surface area contributed by atoms with E-state index in [4.69, 9.17) is 6.42 Å². The van der Waals surface area contributed by atoms with E-state index in [-0.39, 0.29) is 11.3 Å². The molecule has 0 aromatic heterocycles. The molecule has 0 bridgehead atoms. The lowest BCUT2D eigenvalue weighted by Gasteiger charge is -2.19. The first kappa shape index (κ1) is 13.7. The Labute approximate surface area is 105 Å². The molecule has 0 aliphatic heterocycles. The molecular weight excluding hydrogens is 232 g/mol. The normalized spacial score (nSPS) is 10.6. The van der Waals surface area contributed by atoms with Crippen molar-refractivity contribution in [2.75, 3.05) is 0 Å². The number of nitro groups is 1. The van der Waals surface area contributed by atoms with Crippen LogP contribution in [0.3, 0.4) is 0 Å². The summed E-state index contributed by atoms with van der Waals surface area (Å²) in [7, 11) is 0. The molecule has 0 aliphatic carbocycles. The van der Waals surface area contributed by atoms with E-state index >= 15 is 0 Å². The number of terminal acetylenes is 1. The van der Waals surface area contributed by atoms with E-state index in [1.165, 1.54) is 6.07 Å². The number of amides is 1. The lowest BCUT2D eigenvalue weighted by Crippen LogP contribution is -2.42. The van der Waals surface area contributed by atoms with Gasteiger partial charge in [-0.15, -0.1) is 6.42 Å². The molecule has 1 amide bonds. The van der Waals surface area contributed by atoms with Crippen LogP contribution in [-0.4, -0.2) is 16.4 Å². The first-order valence-corrected chi connectivity index (χ1v) is 5.33. The first-order valence-electron chi connectivity index (χ1n) is 5.33. The Bertz CT molecular complexity index is 542. The lowest BCUT2D eigenvalue weighted by atomic mass is 10.0. The highest BCUT2D eigenvalue weighted by Crippen LogP contribution is 2.23. The lowest BCUT2D eigenvalue weighted by molar-refractivity contribution is -0.385. The summed E-state index contributed by atoms with van der Waals surface area (Å²) < 4.78 is 0. The molecule has 1 aromatic carbocycles. The smallest absolute Gasteiger partial charge is 0.285 e. The van der Waals surface area contributed by atoms with Crippen molar-refractivity contribution in [1.29, 1.82) is 0 Å². The van der Waals surface area contributed by atoms with E-state index in [1.807, 2.05) is 0 Å². The molecule has 18 heavy (non-hydrogen) atoms. The Kier molecular flexibility index (Phi) is 3.72. The molecule has 0 atom stereocenters. The fourth-order valence-corrected chi connectivity index (χ4v) is 1.47. The minimum atomic E-state index is -0.852. The SMILES string of the molecule is C#CC(C)(C)NC(=O)c1cccc(C)c1[N+](=O)[O-]. The third-order valence-electron chi connectivity index (χ3n) is 2.45. The van der Waals surface area contributed by atoms with Gasteiger partial charge in [0.1, 0.15) is 5.56 Å². The van der Waals surface area contributed by atoms with Gasteiger partial charge in [-0.25, -0.2) is 0 Å². The van der Waals surface area contributed by atoms with Gasteiger partial charge in [0.05, 0.1) is 10.5 Å². The standard InChI is InChI=1S/C13H14N2O3/c1-5-13(3,4)14-12(16)10-8-6-7-9(2)11(10)15(17)18/h1,6-8H,2-4H3,(H,14,16). The second-order valence-corrected chi connectivity index (χ2v) is 4.45. The average molecular weight is 246 g/mol. The van der Waals surface area contributed by atoms with Gasteiger partial charge in [0, 0.05) is 5.56 Å². The number of para-hydroxylation sites is 1. The van der Waals surface area contributed by atoms with Crippen LogP contribution in [0.4, 0.5) is 5.69 Å². The van der Waals surface area contributed by atoms with Crippen molar-refractivity contribution in [3.8, 4) is 12.3 Å². The summed E-state index contributed by atoms with van der Waals surface area (Å²) in [5, 5.41) is 13.5. The van der Waals surface area contributed by atoms with Crippen LogP contribution >= 0.6 is 0 Å². The molecule has 0 fully saturated rings. The van der Waals surface area contributed by atoms with Crippen molar-refractivity contribution in [1.82, 2.24) is 5.32 Å². The molecule has 0 radical (unpaired) electrons. The molecule has 1 N–H and O–H groups in total. The second-order valence-electron chi connectivity index (χ2n) is 4.45. The summed E-state index contributed by atoms with van der Waals surface area (Å²) in [6.07, 6.45) is 5.26. The van der Waals surface area contributed by atoms with E-state index in [1.54, 1.807) is 32.9 Å². The maximum absolute atomic E-state index is 12.0. The van der Waals surface area contributed by atoms with Crippen LogP contribution in [0.2, 0.25) is 0 Å². The van der Waals surface area contributed by atoms with Crippen LogP contribution in [0.25, 0.3) is 0 Å². The maximum atomic E-state index is 12.0. The largest absolute Gasteiger partial charge is 0.336 e. The minimum Gasteiger partial charge on any atom is -0.336 e. The first-order chi connectivity index (χ1) is 8.28. The third-order valence-corrected chi connectivity index (χ3v) is 2.45. The van der Waals surface area contributed by atoms with Crippen molar-refractivity contribution in [3.05, 3.63) is 39.4 Å². The molecule has 0 saturated carbocycles. The highest BCUT2D eigenvalue weighted by Gasteiger charge is 2.25. The van der Waals surface area contributed by atoms with E-state index in [0.717, 1.165) is 0 Å². The van der Waals surface area contributed by atoms with Gasteiger partial charge in [-0.05, 0) is 26.8 Å². The number of nitro benzene ring substituents is 1. The number of hydrogen-bond acceptors (Lipinski definition) is 3. The van der Waals surface area contributed by atoms with Gasteiger partial charge in [-0.1, -0.05) is 18.1 Å². The average Bonchev–Trinajstić information content (AvgIpc) is 2.27. The Hall–Kier alpha value is -2.35. The van der Waals surface area contributed by atoms with Gasteiger partial charge < -0.3 is 5.32 Å². The predicted octanol–water partition coefficient (Wildman–Crippen LogP) is 2.04. The Balaban J connectivity index is 3.19. The zero-order chi connectivity index (χ0) is 13.9. The number of carbonyl (C=O) groups excluding carboxylic acids is 1. The molecule has 1 rings (SSSR count). The van der Waals surface area contributed by atoms with Crippen molar-refractivity contribution in [3.63, 3.8) is 0 Å². The van der Waals surface area contributed by atoms with Crippen LogP contribution < -0.4 is 5.32 Å². The predicted molar refractivity (Wildman–Crippen MR) is 68.2 cm³/mol. The highest BCUT2D eigenvalue weighted by molar-refractivity contribution is 5.99. The monoisotopic (exact) mass is 246 g/mol. The van der Waals surface area contributed by atoms with Gasteiger partial charge in [0.15, 0.2) is 0 Å². The second kappa shape index (κ2) is 4.88. The quantitative estimate of drug-likeness (QED) is 0.504. The van der Waals surface area contributed by atoms with E-state index in [9.17, 15) is 14.9 Å². The summed E-state index contributed by atoms with van der Waals surface area (Å²) >= 11 is 0. The topological polar surface area (TPSA) is 72.2 Å². The van der Waals surface area contributed by atoms with Crippen LogP contribution in [0.15, 0.2) is 18.2 Å². The third kappa shape index (κ3) is 2.86. The fraction of sp³-hybridized carbons (Fsp3) is 0.308. The molecule has 0 unspecified atom stereocenters. The molecule has 0 heterocycles. The van der Waals surface area contributed by atoms with Crippen LogP contribution in [-0.2, 0) is 0 Å². The number of rotatable bonds is 3.